The van der Waals surface area contributed by atoms with E-state index < -0.39 is 12.1 Å². The zero-order chi connectivity index (χ0) is 23.7. The van der Waals surface area contributed by atoms with Gasteiger partial charge in [-0.05, 0) is 24.0 Å². The fourth-order valence-electron chi connectivity index (χ4n) is 4.92. The maximum Gasteiger partial charge on any atom is 0.322 e. The van der Waals surface area contributed by atoms with Crippen molar-refractivity contribution in [2.75, 3.05) is 26.7 Å². The van der Waals surface area contributed by atoms with Gasteiger partial charge in [0.15, 0.2) is 0 Å². The quantitative estimate of drug-likeness (QED) is 0.693. The summed E-state index contributed by atoms with van der Waals surface area (Å²) >= 11 is 0. The molecule has 0 aromatic heterocycles. The van der Waals surface area contributed by atoms with Crippen LogP contribution in [-0.2, 0) is 14.3 Å². The zero-order valence-corrected chi connectivity index (χ0v) is 19.1. The number of nitrogens with one attached hydrogen (secondary N) is 2. The first-order valence-electron chi connectivity index (χ1n) is 11.6. The van der Waals surface area contributed by atoms with Gasteiger partial charge in [-0.25, -0.2) is 4.79 Å². The van der Waals surface area contributed by atoms with Crippen molar-refractivity contribution in [1.29, 1.82) is 0 Å². The lowest BCUT2D eigenvalue weighted by atomic mass is 9.95. The van der Waals surface area contributed by atoms with E-state index in [-0.39, 0.29) is 30.5 Å². The molecular weight excluding hydrogens is 432 g/mol. The van der Waals surface area contributed by atoms with E-state index >= 15 is 0 Å². The van der Waals surface area contributed by atoms with Crippen molar-refractivity contribution in [3.63, 3.8) is 0 Å². The monoisotopic (exact) mass is 460 g/mol. The van der Waals surface area contributed by atoms with Crippen molar-refractivity contribution in [2.24, 2.45) is 0 Å². The molecule has 5 rings (SSSR count). The largest absolute Gasteiger partial charge is 0.376 e. The Morgan fingerprint density at radius 3 is 2.50 bits per heavy atom. The minimum Gasteiger partial charge on any atom is -0.376 e. The van der Waals surface area contributed by atoms with Crippen molar-refractivity contribution in [3.05, 3.63) is 83.1 Å². The van der Waals surface area contributed by atoms with Crippen LogP contribution in [0.15, 0.2) is 71.9 Å². The van der Waals surface area contributed by atoms with Gasteiger partial charge in [-0.15, -0.1) is 0 Å². The van der Waals surface area contributed by atoms with Crippen LogP contribution >= 0.6 is 0 Å². The molecule has 0 spiro atoms. The average molecular weight is 461 g/mol. The first-order valence-corrected chi connectivity index (χ1v) is 11.6. The van der Waals surface area contributed by atoms with E-state index in [9.17, 15) is 14.4 Å². The molecular formula is C26H28N4O4. The third-order valence-electron chi connectivity index (χ3n) is 6.72. The number of benzene rings is 2. The highest BCUT2D eigenvalue weighted by molar-refractivity contribution is 6.03. The molecule has 1 saturated heterocycles. The van der Waals surface area contributed by atoms with Gasteiger partial charge in [0.05, 0.1) is 30.0 Å². The number of rotatable bonds is 6. The Labute approximate surface area is 198 Å². The number of hydrogen-bond donors (Lipinski definition) is 2. The predicted molar refractivity (Wildman–Crippen MR) is 125 cm³/mol. The Kier molecular flexibility index (Phi) is 6.06. The summed E-state index contributed by atoms with van der Waals surface area (Å²) < 4.78 is 5.65. The van der Waals surface area contributed by atoms with Crippen LogP contribution in [0.5, 0.6) is 0 Å². The van der Waals surface area contributed by atoms with Gasteiger partial charge in [-0.3, -0.25) is 14.5 Å². The van der Waals surface area contributed by atoms with Crippen molar-refractivity contribution in [2.45, 2.75) is 31.0 Å². The highest BCUT2D eigenvalue weighted by Crippen LogP contribution is 2.39. The smallest absolute Gasteiger partial charge is 0.322 e. The van der Waals surface area contributed by atoms with E-state index in [4.69, 9.17) is 4.74 Å². The molecule has 34 heavy (non-hydrogen) atoms. The number of carbonyl (C=O) groups is 3. The van der Waals surface area contributed by atoms with E-state index in [0.29, 0.717) is 24.4 Å². The topological polar surface area (TPSA) is 91.0 Å². The molecule has 3 aliphatic rings. The first-order chi connectivity index (χ1) is 16.5. The van der Waals surface area contributed by atoms with Crippen LogP contribution in [0.3, 0.4) is 0 Å². The van der Waals surface area contributed by atoms with Crippen LogP contribution < -0.4 is 10.6 Å². The number of amides is 4. The molecule has 0 saturated carbocycles. The lowest BCUT2D eigenvalue weighted by Gasteiger charge is -2.31. The molecule has 8 nitrogen and oxygen atoms in total. The molecule has 3 heterocycles. The highest BCUT2D eigenvalue weighted by atomic mass is 16.5. The first kappa shape index (κ1) is 22.2. The van der Waals surface area contributed by atoms with Gasteiger partial charge >= 0.3 is 6.03 Å². The van der Waals surface area contributed by atoms with E-state index in [1.807, 2.05) is 60.7 Å². The Bertz CT molecular complexity index is 1110. The van der Waals surface area contributed by atoms with Gasteiger partial charge in [-0.1, -0.05) is 60.7 Å². The summed E-state index contributed by atoms with van der Waals surface area (Å²) in [6.07, 6.45) is 1.89. The Hall–Kier alpha value is -3.65. The minimum absolute atomic E-state index is 0.00333. The SMILES string of the molecule is CN1C(=O)NC(c2ccccc2)C2=C1CN(C(C(=O)NCC1CCCO1)c1ccccc1)C2=O. The molecule has 176 valence electrons. The van der Waals surface area contributed by atoms with Crippen LogP contribution in [0.4, 0.5) is 4.79 Å². The average Bonchev–Trinajstić information content (AvgIpc) is 3.50. The van der Waals surface area contributed by atoms with E-state index in [1.54, 1.807) is 11.9 Å². The lowest BCUT2D eigenvalue weighted by molar-refractivity contribution is -0.137. The summed E-state index contributed by atoms with van der Waals surface area (Å²) in [6, 6.07) is 17.0. The molecule has 2 aromatic carbocycles. The Morgan fingerprint density at radius 2 is 1.82 bits per heavy atom. The van der Waals surface area contributed by atoms with Crippen molar-refractivity contribution >= 4 is 17.8 Å². The zero-order valence-electron chi connectivity index (χ0n) is 19.1. The van der Waals surface area contributed by atoms with Crippen molar-refractivity contribution in [3.8, 4) is 0 Å². The molecule has 0 aliphatic carbocycles. The summed E-state index contributed by atoms with van der Waals surface area (Å²) in [6.45, 7) is 1.29. The van der Waals surface area contributed by atoms with E-state index in [2.05, 4.69) is 10.6 Å². The molecule has 2 N–H and O–H groups in total. The fraction of sp³-hybridized carbons (Fsp3) is 0.346. The standard InChI is InChI=1S/C26H28N4O4/c1-29-20-16-30(25(32)21(20)22(28-26(29)33)17-9-4-2-5-10-17)23(18-11-6-3-7-12-18)24(31)27-15-19-13-8-14-34-19/h2-7,9-12,19,22-23H,8,13-16H2,1H3,(H,27,31)(H,28,33). The van der Waals surface area contributed by atoms with Gasteiger partial charge in [0.25, 0.3) is 5.91 Å². The fourth-order valence-corrected chi connectivity index (χ4v) is 4.92. The van der Waals surface area contributed by atoms with Crippen LogP contribution in [-0.4, -0.2) is 60.5 Å². The maximum absolute atomic E-state index is 13.8. The van der Waals surface area contributed by atoms with Gasteiger partial charge in [0.1, 0.15) is 6.04 Å². The van der Waals surface area contributed by atoms with Crippen LogP contribution in [0, 0.1) is 0 Å². The van der Waals surface area contributed by atoms with Crippen LogP contribution in [0.2, 0.25) is 0 Å². The van der Waals surface area contributed by atoms with E-state index in [0.717, 1.165) is 24.0 Å². The van der Waals surface area contributed by atoms with Crippen molar-refractivity contribution < 1.29 is 19.1 Å². The number of ether oxygens (including phenoxy) is 1. The second-order valence-corrected chi connectivity index (χ2v) is 8.84. The predicted octanol–water partition coefficient (Wildman–Crippen LogP) is 2.52. The van der Waals surface area contributed by atoms with Gasteiger partial charge in [-0.2, -0.15) is 0 Å². The Morgan fingerprint density at radius 1 is 1.12 bits per heavy atom. The highest BCUT2D eigenvalue weighted by Gasteiger charge is 2.46. The second-order valence-electron chi connectivity index (χ2n) is 8.84. The molecule has 0 radical (unpaired) electrons. The van der Waals surface area contributed by atoms with Gasteiger partial charge in [0, 0.05) is 20.2 Å². The number of urea groups is 1. The molecule has 1 fully saturated rings. The van der Waals surface area contributed by atoms with Crippen LogP contribution in [0.25, 0.3) is 0 Å². The molecule has 4 amide bonds. The third kappa shape index (κ3) is 4.05. The number of likely N-dealkylation sites (N-methyl/N-ethyl adjacent to an activating group) is 1. The maximum atomic E-state index is 13.8. The summed E-state index contributed by atoms with van der Waals surface area (Å²) in [4.78, 5) is 43.1. The molecule has 3 aliphatic heterocycles. The summed E-state index contributed by atoms with van der Waals surface area (Å²) in [5.41, 5.74) is 2.67. The third-order valence-corrected chi connectivity index (χ3v) is 6.72. The lowest BCUT2D eigenvalue weighted by Crippen LogP contribution is -2.45. The summed E-state index contributed by atoms with van der Waals surface area (Å²) in [5.74, 6) is -0.509. The van der Waals surface area contributed by atoms with Crippen molar-refractivity contribution in [1.82, 2.24) is 20.4 Å². The Balaban J connectivity index is 1.46. The molecule has 0 bridgehead atoms. The van der Waals surface area contributed by atoms with Crippen LogP contribution in [0.1, 0.15) is 36.1 Å². The normalized spacial score (nSPS) is 23.1. The second kappa shape index (κ2) is 9.30. The molecule has 3 atom stereocenters. The van der Waals surface area contributed by atoms with E-state index in [1.165, 1.54) is 4.90 Å². The van der Waals surface area contributed by atoms with Gasteiger partial charge < -0.3 is 20.3 Å². The summed E-state index contributed by atoms with van der Waals surface area (Å²) in [7, 11) is 1.65. The molecule has 8 heteroatoms. The number of carbonyl (C=O) groups excluding carboxylic acids is 3. The number of nitrogens with zero attached hydrogens (tertiary/aromatic N) is 2. The van der Waals surface area contributed by atoms with Gasteiger partial charge in [0.2, 0.25) is 5.91 Å². The summed E-state index contributed by atoms with van der Waals surface area (Å²) in [5, 5.41) is 5.93. The minimum atomic E-state index is -0.819. The molecule has 3 unspecified atom stereocenters. The molecule has 2 aromatic rings. The number of hydrogen-bond acceptors (Lipinski definition) is 4.